The van der Waals surface area contributed by atoms with E-state index in [0.717, 1.165) is 36.8 Å². The van der Waals surface area contributed by atoms with Gasteiger partial charge in [-0.05, 0) is 26.3 Å². The van der Waals surface area contributed by atoms with Crippen LogP contribution in [0.2, 0.25) is 0 Å². The molecule has 1 aromatic heterocycles. The Labute approximate surface area is 104 Å². The summed E-state index contributed by atoms with van der Waals surface area (Å²) in [6, 6.07) is 0. The molecular weight excluding hydrogens is 212 g/mol. The fraction of sp³-hybridized carbons (Fsp3) is 0.692. The molecule has 17 heavy (non-hydrogen) atoms. The van der Waals surface area contributed by atoms with Gasteiger partial charge in [-0.3, -0.25) is 4.98 Å². The molecule has 0 aliphatic heterocycles. The molecule has 0 aliphatic rings. The van der Waals surface area contributed by atoms with Crippen molar-refractivity contribution in [3.63, 3.8) is 0 Å². The predicted octanol–water partition coefficient (Wildman–Crippen LogP) is 1.78. The van der Waals surface area contributed by atoms with Crippen LogP contribution in [0, 0.1) is 19.8 Å². The first-order chi connectivity index (χ1) is 8.00. The lowest BCUT2D eigenvalue weighted by molar-refractivity contribution is 0.553. The third-order valence-electron chi connectivity index (χ3n) is 2.59. The molecule has 0 amide bonds. The van der Waals surface area contributed by atoms with E-state index in [0.29, 0.717) is 5.92 Å². The normalized spacial score (nSPS) is 10.9. The second kappa shape index (κ2) is 6.55. The zero-order valence-corrected chi connectivity index (χ0v) is 11.6. The summed E-state index contributed by atoms with van der Waals surface area (Å²) in [6.45, 7) is 11.4. The summed E-state index contributed by atoms with van der Waals surface area (Å²) >= 11 is 0. The van der Waals surface area contributed by atoms with Gasteiger partial charge in [0.1, 0.15) is 5.82 Å². The molecule has 0 spiro atoms. The highest BCUT2D eigenvalue weighted by Crippen LogP contribution is 2.12. The fourth-order valence-corrected chi connectivity index (χ4v) is 1.63. The largest absolute Gasteiger partial charge is 0.357 e. The molecule has 0 aromatic carbocycles. The monoisotopic (exact) mass is 236 g/mol. The zero-order chi connectivity index (χ0) is 12.8. The Hall–Kier alpha value is -1.16. The number of likely N-dealkylation sites (N-methyl/N-ethyl adjacent to an activating group) is 1. The van der Waals surface area contributed by atoms with Crippen molar-refractivity contribution in [3.05, 3.63) is 17.6 Å². The molecule has 1 heterocycles. The standard InChI is InChI=1S/C13H24N4/c1-10(2)8-14-6-7-17(5)13-12(4)15-9-11(3)16-13/h9-10,14H,6-8H2,1-5H3. The lowest BCUT2D eigenvalue weighted by atomic mass is 10.2. The maximum atomic E-state index is 4.52. The zero-order valence-electron chi connectivity index (χ0n) is 11.6. The van der Waals surface area contributed by atoms with Crippen LogP contribution in [0.5, 0.6) is 0 Å². The molecule has 1 aromatic rings. The van der Waals surface area contributed by atoms with Crippen molar-refractivity contribution >= 4 is 5.82 Å². The number of aryl methyl sites for hydroxylation is 2. The summed E-state index contributed by atoms with van der Waals surface area (Å²) in [4.78, 5) is 11.0. The Morgan fingerprint density at radius 2 is 2.06 bits per heavy atom. The van der Waals surface area contributed by atoms with Crippen molar-refractivity contribution in [1.82, 2.24) is 15.3 Å². The number of hydrogen-bond donors (Lipinski definition) is 1. The van der Waals surface area contributed by atoms with E-state index < -0.39 is 0 Å². The maximum absolute atomic E-state index is 4.52. The van der Waals surface area contributed by atoms with Gasteiger partial charge < -0.3 is 10.2 Å². The lowest BCUT2D eigenvalue weighted by Gasteiger charge is -2.20. The van der Waals surface area contributed by atoms with Gasteiger partial charge in [0.05, 0.1) is 11.4 Å². The van der Waals surface area contributed by atoms with E-state index in [1.54, 1.807) is 0 Å². The number of aromatic nitrogens is 2. The van der Waals surface area contributed by atoms with Gasteiger partial charge in [0, 0.05) is 26.3 Å². The van der Waals surface area contributed by atoms with Crippen LogP contribution in [0.1, 0.15) is 25.2 Å². The van der Waals surface area contributed by atoms with Gasteiger partial charge in [-0.15, -0.1) is 0 Å². The molecule has 0 bridgehead atoms. The summed E-state index contributed by atoms with van der Waals surface area (Å²) in [5, 5.41) is 3.43. The molecule has 0 aliphatic carbocycles. The summed E-state index contributed by atoms with van der Waals surface area (Å²) in [5.74, 6) is 1.68. The van der Waals surface area contributed by atoms with Gasteiger partial charge in [0.15, 0.2) is 0 Å². The van der Waals surface area contributed by atoms with Crippen molar-refractivity contribution < 1.29 is 0 Å². The van der Waals surface area contributed by atoms with Crippen molar-refractivity contribution in [2.24, 2.45) is 5.92 Å². The molecule has 0 radical (unpaired) electrons. The third-order valence-corrected chi connectivity index (χ3v) is 2.59. The van der Waals surface area contributed by atoms with Crippen molar-refractivity contribution in [2.45, 2.75) is 27.7 Å². The van der Waals surface area contributed by atoms with Crippen LogP contribution in [0.3, 0.4) is 0 Å². The number of nitrogens with zero attached hydrogens (tertiary/aromatic N) is 3. The van der Waals surface area contributed by atoms with E-state index in [4.69, 9.17) is 0 Å². The van der Waals surface area contributed by atoms with Gasteiger partial charge >= 0.3 is 0 Å². The molecule has 0 saturated carbocycles. The first-order valence-electron chi connectivity index (χ1n) is 6.22. The summed E-state index contributed by atoms with van der Waals surface area (Å²) in [7, 11) is 2.06. The van der Waals surface area contributed by atoms with E-state index in [1.165, 1.54) is 0 Å². The van der Waals surface area contributed by atoms with Gasteiger partial charge in [0.25, 0.3) is 0 Å². The molecule has 0 fully saturated rings. The summed E-state index contributed by atoms with van der Waals surface area (Å²) < 4.78 is 0. The number of hydrogen-bond acceptors (Lipinski definition) is 4. The topological polar surface area (TPSA) is 41.1 Å². The third kappa shape index (κ3) is 4.69. The molecular formula is C13H24N4. The molecule has 0 atom stereocenters. The quantitative estimate of drug-likeness (QED) is 0.764. The van der Waals surface area contributed by atoms with Crippen molar-refractivity contribution in [1.29, 1.82) is 0 Å². The van der Waals surface area contributed by atoms with Crippen LogP contribution in [0.25, 0.3) is 0 Å². The molecule has 96 valence electrons. The van der Waals surface area contributed by atoms with Gasteiger partial charge in [-0.1, -0.05) is 13.8 Å². The Morgan fingerprint density at radius 1 is 1.35 bits per heavy atom. The highest BCUT2D eigenvalue weighted by atomic mass is 15.2. The molecule has 1 rings (SSSR count). The minimum absolute atomic E-state index is 0.695. The van der Waals surface area contributed by atoms with E-state index in [-0.39, 0.29) is 0 Å². The average molecular weight is 236 g/mol. The number of rotatable bonds is 6. The summed E-state index contributed by atoms with van der Waals surface area (Å²) in [6.07, 6.45) is 1.81. The van der Waals surface area contributed by atoms with Gasteiger partial charge in [-0.25, -0.2) is 4.98 Å². The Morgan fingerprint density at radius 3 is 2.71 bits per heavy atom. The Bertz CT molecular complexity index is 349. The molecule has 1 N–H and O–H groups in total. The second-order valence-corrected chi connectivity index (χ2v) is 4.94. The van der Waals surface area contributed by atoms with Gasteiger partial charge in [0.2, 0.25) is 0 Å². The van der Waals surface area contributed by atoms with Crippen LogP contribution in [0.4, 0.5) is 5.82 Å². The van der Waals surface area contributed by atoms with Gasteiger partial charge in [-0.2, -0.15) is 0 Å². The molecule has 0 saturated heterocycles. The second-order valence-electron chi connectivity index (χ2n) is 4.94. The highest BCUT2D eigenvalue weighted by Gasteiger charge is 2.07. The lowest BCUT2D eigenvalue weighted by Crippen LogP contribution is -2.32. The van der Waals surface area contributed by atoms with Crippen LogP contribution < -0.4 is 10.2 Å². The Kier molecular flexibility index (Phi) is 5.35. The van der Waals surface area contributed by atoms with Crippen molar-refractivity contribution in [3.8, 4) is 0 Å². The predicted molar refractivity (Wildman–Crippen MR) is 72.5 cm³/mol. The van der Waals surface area contributed by atoms with E-state index in [1.807, 2.05) is 20.0 Å². The van der Waals surface area contributed by atoms with Crippen LogP contribution in [0.15, 0.2) is 6.20 Å². The molecule has 4 nitrogen and oxygen atoms in total. The van der Waals surface area contributed by atoms with E-state index in [2.05, 4.69) is 41.1 Å². The SMILES string of the molecule is Cc1cnc(C)c(N(C)CCNCC(C)C)n1. The first kappa shape index (κ1) is 13.9. The number of nitrogens with one attached hydrogen (secondary N) is 1. The van der Waals surface area contributed by atoms with Crippen molar-refractivity contribution in [2.75, 3.05) is 31.6 Å². The molecule has 0 unspecified atom stereocenters. The number of anilines is 1. The maximum Gasteiger partial charge on any atom is 0.150 e. The minimum atomic E-state index is 0.695. The smallest absolute Gasteiger partial charge is 0.150 e. The molecule has 4 heteroatoms. The van der Waals surface area contributed by atoms with Crippen LogP contribution >= 0.6 is 0 Å². The van der Waals surface area contributed by atoms with Crippen LogP contribution in [-0.2, 0) is 0 Å². The van der Waals surface area contributed by atoms with E-state index >= 15 is 0 Å². The summed E-state index contributed by atoms with van der Waals surface area (Å²) in [5.41, 5.74) is 1.95. The van der Waals surface area contributed by atoms with Crippen LogP contribution in [-0.4, -0.2) is 36.6 Å². The Balaban J connectivity index is 2.46. The first-order valence-corrected chi connectivity index (χ1v) is 6.22. The van der Waals surface area contributed by atoms with E-state index in [9.17, 15) is 0 Å². The minimum Gasteiger partial charge on any atom is -0.357 e. The highest BCUT2D eigenvalue weighted by molar-refractivity contribution is 5.42. The fourth-order valence-electron chi connectivity index (χ4n) is 1.63. The average Bonchev–Trinajstić information content (AvgIpc) is 2.27.